The minimum atomic E-state index is -3.27. The van der Waals surface area contributed by atoms with E-state index in [4.69, 9.17) is 14.5 Å². The summed E-state index contributed by atoms with van der Waals surface area (Å²) in [5, 5.41) is 9.41. The van der Waals surface area contributed by atoms with Crippen molar-refractivity contribution in [3.8, 4) is 11.3 Å². The van der Waals surface area contributed by atoms with Crippen molar-refractivity contribution in [3.63, 3.8) is 0 Å². The van der Waals surface area contributed by atoms with E-state index >= 15 is 0 Å². The van der Waals surface area contributed by atoms with Crippen molar-refractivity contribution in [2.75, 3.05) is 42.4 Å². The molecule has 0 bridgehead atoms. The van der Waals surface area contributed by atoms with Gasteiger partial charge in [0.05, 0.1) is 23.0 Å². The lowest BCUT2D eigenvalue weighted by atomic mass is 9.93. The number of benzene rings is 1. The Bertz CT molecular complexity index is 1930. The van der Waals surface area contributed by atoms with Gasteiger partial charge in [-0.3, -0.25) is 9.72 Å². The second-order valence-electron chi connectivity index (χ2n) is 12.2. The molecule has 0 aliphatic heterocycles. The number of pyridine rings is 1. The minimum absolute atomic E-state index is 0.205. The van der Waals surface area contributed by atoms with Gasteiger partial charge in [-0.25, -0.2) is 23.2 Å². The minimum Gasteiger partial charge on any atom is -0.359 e. The summed E-state index contributed by atoms with van der Waals surface area (Å²) in [5.41, 5.74) is 2.72. The highest BCUT2D eigenvalue weighted by molar-refractivity contribution is 7.88. The van der Waals surface area contributed by atoms with E-state index in [0.29, 0.717) is 23.8 Å². The smallest absolute Gasteiger partial charge is 0.324 e. The Balaban J connectivity index is 1.13. The van der Waals surface area contributed by atoms with Crippen LogP contribution in [0.4, 0.5) is 22.1 Å². The molecule has 4 aromatic heterocycles. The summed E-state index contributed by atoms with van der Waals surface area (Å²) in [6.45, 7) is 6.60. The van der Waals surface area contributed by atoms with Gasteiger partial charge in [-0.05, 0) is 37.1 Å². The number of thiazole rings is 1. The van der Waals surface area contributed by atoms with Crippen molar-refractivity contribution in [2.24, 2.45) is 0 Å². The maximum Gasteiger partial charge on any atom is 0.324 e. The number of rotatable bonds is 8. The average molecular weight is 623 g/mol. The van der Waals surface area contributed by atoms with E-state index in [0.717, 1.165) is 45.2 Å². The molecule has 5 aromatic rings. The first-order valence-corrected chi connectivity index (χ1v) is 16.5. The molecule has 2 N–H and O–H groups in total. The van der Waals surface area contributed by atoms with Gasteiger partial charge in [0.25, 0.3) is 0 Å². The highest BCUT2D eigenvalue weighted by Gasteiger charge is 2.50. The third kappa shape index (κ3) is 5.82. The van der Waals surface area contributed by atoms with Crippen LogP contribution >= 0.6 is 11.3 Å². The van der Waals surface area contributed by atoms with Crippen LogP contribution < -0.4 is 15.5 Å². The van der Waals surface area contributed by atoms with Gasteiger partial charge in [-0.1, -0.05) is 49.4 Å². The molecule has 1 fully saturated rings. The van der Waals surface area contributed by atoms with Crippen LogP contribution in [0.15, 0.2) is 53.2 Å². The zero-order valence-corrected chi connectivity index (χ0v) is 26.5. The standard InChI is InChI=1S/C29H34N8O4S2/c1-28(2,3)22-15-23(34-41-22)32-26(38)30-19-9-7-18(8-10-19)20-16-37-21-11-12-24(33-25(21)42-27(37)31-20)35(4)17-29(13-14-29)36(5)43(6,39)40/h7-12,15-16H,13-14,17H2,1-6H3,(H2,30,32,34,38). The molecule has 0 atom stereocenters. The van der Waals surface area contributed by atoms with Gasteiger partial charge in [0, 0.05) is 49.6 Å². The molecule has 0 radical (unpaired) electrons. The molecule has 1 aliphatic rings. The second kappa shape index (κ2) is 10.3. The summed E-state index contributed by atoms with van der Waals surface area (Å²) in [6.07, 6.45) is 4.90. The highest BCUT2D eigenvalue weighted by atomic mass is 32.2. The Hall–Kier alpha value is -4.01. The first-order chi connectivity index (χ1) is 20.2. The van der Waals surface area contributed by atoms with Crippen molar-refractivity contribution in [2.45, 2.75) is 44.6 Å². The van der Waals surface area contributed by atoms with Crippen molar-refractivity contribution in [1.29, 1.82) is 0 Å². The third-order valence-electron chi connectivity index (χ3n) is 7.79. The predicted octanol–water partition coefficient (Wildman–Crippen LogP) is 5.40. The second-order valence-corrected chi connectivity index (χ2v) is 15.1. The number of carbonyl (C=O) groups is 1. The lowest BCUT2D eigenvalue weighted by Gasteiger charge is -2.30. The number of nitrogens with zero attached hydrogens (tertiary/aromatic N) is 6. The molecule has 43 heavy (non-hydrogen) atoms. The Morgan fingerprint density at radius 3 is 2.44 bits per heavy atom. The fourth-order valence-electron chi connectivity index (χ4n) is 5.01. The highest BCUT2D eigenvalue weighted by Crippen LogP contribution is 2.43. The third-order valence-corrected chi connectivity index (χ3v) is 10.1. The van der Waals surface area contributed by atoms with Crippen LogP contribution in [0.1, 0.15) is 39.4 Å². The monoisotopic (exact) mass is 622 g/mol. The van der Waals surface area contributed by atoms with Crippen LogP contribution in [0.2, 0.25) is 0 Å². The molecule has 6 rings (SSSR count). The summed E-state index contributed by atoms with van der Waals surface area (Å²) in [4.78, 5) is 25.8. The van der Waals surface area contributed by atoms with Crippen molar-refractivity contribution in [3.05, 3.63) is 54.4 Å². The van der Waals surface area contributed by atoms with E-state index < -0.39 is 16.1 Å². The van der Waals surface area contributed by atoms with Crippen LogP contribution in [-0.4, -0.2) is 70.7 Å². The molecule has 0 unspecified atom stereocenters. The van der Waals surface area contributed by atoms with Gasteiger partial charge in [0.15, 0.2) is 10.8 Å². The number of aromatic nitrogens is 4. The van der Waals surface area contributed by atoms with Crippen LogP contribution in [0.3, 0.4) is 0 Å². The number of amides is 2. The molecular weight excluding hydrogens is 589 g/mol. The number of fused-ring (bicyclic) bond motifs is 3. The number of imidazole rings is 1. The van der Waals surface area contributed by atoms with Gasteiger partial charge in [-0.15, -0.1) is 0 Å². The average Bonchev–Trinajstić information content (AvgIpc) is 3.23. The van der Waals surface area contributed by atoms with E-state index in [1.807, 2.05) is 79.7 Å². The summed E-state index contributed by atoms with van der Waals surface area (Å²) in [5.74, 6) is 1.82. The molecule has 1 aliphatic carbocycles. The molecule has 12 nitrogen and oxygen atoms in total. The molecule has 1 aromatic carbocycles. The van der Waals surface area contributed by atoms with E-state index in [2.05, 4.69) is 15.8 Å². The maximum absolute atomic E-state index is 12.5. The number of nitrogens with one attached hydrogen (secondary N) is 2. The normalized spacial score (nSPS) is 14.9. The maximum atomic E-state index is 12.5. The zero-order valence-electron chi connectivity index (χ0n) is 24.9. The van der Waals surface area contributed by atoms with Gasteiger partial charge >= 0.3 is 6.03 Å². The first kappa shape index (κ1) is 29.1. The molecule has 4 heterocycles. The Labute approximate surface area is 253 Å². The number of carbonyl (C=O) groups excluding carboxylic acids is 1. The summed E-state index contributed by atoms with van der Waals surface area (Å²) < 4.78 is 33.1. The molecule has 14 heteroatoms. The van der Waals surface area contributed by atoms with E-state index in [1.165, 1.54) is 21.9 Å². The quantitative estimate of drug-likeness (QED) is 0.235. The van der Waals surface area contributed by atoms with Crippen LogP contribution in [0.5, 0.6) is 0 Å². The van der Waals surface area contributed by atoms with Crippen molar-refractivity contribution < 1.29 is 17.7 Å². The lowest BCUT2D eigenvalue weighted by molar-refractivity contribution is 0.262. The van der Waals surface area contributed by atoms with Crippen LogP contribution in [0.25, 0.3) is 26.6 Å². The molecule has 0 spiro atoms. The fourth-order valence-corrected chi connectivity index (χ4v) is 6.93. The number of hydrogen-bond acceptors (Lipinski definition) is 9. The Morgan fingerprint density at radius 2 is 1.81 bits per heavy atom. The topological polar surface area (TPSA) is 138 Å². The van der Waals surface area contributed by atoms with Crippen molar-refractivity contribution >= 4 is 60.0 Å². The Kier molecular flexibility index (Phi) is 6.98. The van der Waals surface area contributed by atoms with Crippen LogP contribution in [0, 0.1) is 0 Å². The number of likely N-dealkylation sites (N-methyl/N-ethyl adjacent to an activating group) is 2. The zero-order chi connectivity index (χ0) is 30.7. The first-order valence-electron chi connectivity index (χ1n) is 13.8. The number of urea groups is 1. The molecule has 226 valence electrons. The Morgan fingerprint density at radius 1 is 1.09 bits per heavy atom. The number of hydrogen-bond donors (Lipinski definition) is 2. The van der Waals surface area contributed by atoms with E-state index in [1.54, 1.807) is 13.1 Å². The van der Waals surface area contributed by atoms with Crippen molar-refractivity contribution in [1.82, 2.24) is 23.8 Å². The summed E-state index contributed by atoms with van der Waals surface area (Å²) in [7, 11) is 0.329. The lowest BCUT2D eigenvalue weighted by Crippen LogP contribution is -2.45. The SMILES string of the molecule is CN(CC1(N(C)S(C)(=O)=O)CC1)c1ccc2c(n1)sc1nc(-c3ccc(NC(=O)Nc4cc(C(C)(C)C)on4)cc3)cn12. The van der Waals surface area contributed by atoms with Gasteiger partial charge in [-0.2, -0.15) is 4.31 Å². The van der Waals surface area contributed by atoms with Gasteiger partial charge in [0.2, 0.25) is 10.0 Å². The molecule has 0 saturated heterocycles. The van der Waals surface area contributed by atoms with Crippen LogP contribution in [-0.2, 0) is 15.4 Å². The largest absolute Gasteiger partial charge is 0.359 e. The summed E-state index contributed by atoms with van der Waals surface area (Å²) >= 11 is 1.50. The van der Waals surface area contributed by atoms with Gasteiger partial charge in [0.1, 0.15) is 16.4 Å². The fraction of sp³-hybridized carbons (Fsp3) is 0.379. The van der Waals surface area contributed by atoms with E-state index in [9.17, 15) is 13.2 Å². The predicted molar refractivity (Wildman–Crippen MR) is 169 cm³/mol. The van der Waals surface area contributed by atoms with E-state index in [-0.39, 0.29) is 11.0 Å². The number of sulfonamides is 1. The number of anilines is 3. The summed E-state index contributed by atoms with van der Waals surface area (Å²) in [6, 6.07) is 12.7. The van der Waals surface area contributed by atoms with Gasteiger partial charge < -0.3 is 14.7 Å². The molecule has 2 amide bonds. The molecule has 1 saturated carbocycles. The molecular formula is C29H34N8O4S2.